The van der Waals surface area contributed by atoms with Crippen molar-refractivity contribution in [1.82, 2.24) is 9.47 Å². The molecular weight excluding hydrogens is 434 g/mol. The number of aromatic nitrogens is 1. The smallest absolute Gasteiger partial charge is 0.247 e. The first-order valence-electron chi connectivity index (χ1n) is 11.8. The Balaban J connectivity index is 1.41. The molecule has 3 aliphatic rings. The van der Waals surface area contributed by atoms with Gasteiger partial charge in [0.2, 0.25) is 11.8 Å². The van der Waals surface area contributed by atoms with Gasteiger partial charge in [-0.3, -0.25) is 14.5 Å². The van der Waals surface area contributed by atoms with Crippen LogP contribution in [0.25, 0.3) is 5.69 Å². The van der Waals surface area contributed by atoms with E-state index in [4.69, 9.17) is 11.6 Å². The van der Waals surface area contributed by atoms with Crippen LogP contribution in [0, 0.1) is 5.92 Å². The summed E-state index contributed by atoms with van der Waals surface area (Å²) in [5, 5.41) is 0.661. The Bertz CT molecular complexity index is 1210. The molecular formula is C27H26ClN3O2. The van der Waals surface area contributed by atoms with Crippen LogP contribution < -0.4 is 4.90 Å². The van der Waals surface area contributed by atoms with Gasteiger partial charge in [0.1, 0.15) is 12.6 Å². The fourth-order valence-corrected chi connectivity index (χ4v) is 5.23. The molecule has 2 aliphatic carbocycles. The quantitative estimate of drug-likeness (QED) is 0.515. The largest absolute Gasteiger partial charge is 0.330 e. The fraction of sp³-hybridized carbons (Fsp3) is 0.333. The van der Waals surface area contributed by atoms with Gasteiger partial charge >= 0.3 is 0 Å². The van der Waals surface area contributed by atoms with Crippen molar-refractivity contribution in [2.75, 3.05) is 11.4 Å². The molecule has 2 heterocycles. The van der Waals surface area contributed by atoms with Gasteiger partial charge in [0.05, 0.1) is 17.1 Å². The first kappa shape index (κ1) is 20.5. The number of amides is 2. The molecule has 0 spiro atoms. The second-order valence-corrected chi connectivity index (χ2v) is 9.77. The van der Waals surface area contributed by atoms with Crippen LogP contribution in [0.2, 0.25) is 5.02 Å². The Kier molecular flexibility index (Phi) is 5.02. The molecule has 2 aromatic carbocycles. The van der Waals surface area contributed by atoms with Crippen LogP contribution in [0.1, 0.15) is 49.4 Å². The number of rotatable bonds is 5. The normalized spacial score (nSPS) is 19.4. The predicted octanol–water partition coefficient (Wildman–Crippen LogP) is 5.36. The molecule has 168 valence electrons. The Hall–Kier alpha value is -3.05. The van der Waals surface area contributed by atoms with Crippen molar-refractivity contribution in [3.05, 3.63) is 83.1 Å². The van der Waals surface area contributed by atoms with E-state index >= 15 is 0 Å². The zero-order valence-corrected chi connectivity index (χ0v) is 19.1. The highest BCUT2D eigenvalue weighted by molar-refractivity contribution is 6.30. The van der Waals surface area contributed by atoms with Crippen molar-refractivity contribution in [3.8, 4) is 5.69 Å². The number of benzene rings is 2. The average molecular weight is 460 g/mol. The van der Waals surface area contributed by atoms with Gasteiger partial charge in [0.25, 0.3) is 0 Å². The zero-order chi connectivity index (χ0) is 22.5. The summed E-state index contributed by atoms with van der Waals surface area (Å²) in [5.41, 5.74) is 3.84. The summed E-state index contributed by atoms with van der Waals surface area (Å²) in [6, 6.07) is 19.7. The highest BCUT2D eigenvalue weighted by Crippen LogP contribution is 2.43. The van der Waals surface area contributed by atoms with E-state index in [1.54, 1.807) is 0 Å². The van der Waals surface area contributed by atoms with Crippen molar-refractivity contribution in [1.29, 1.82) is 0 Å². The third-order valence-electron chi connectivity index (χ3n) is 7.20. The van der Waals surface area contributed by atoms with Crippen LogP contribution in [0.4, 0.5) is 5.69 Å². The molecule has 1 unspecified atom stereocenters. The van der Waals surface area contributed by atoms with Crippen molar-refractivity contribution in [2.45, 2.75) is 44.2 Å². The molecule has 5 nitrogen and oxygen atoms in total. The molecule has 1 atom stereocenters. The van der Waals surface area contributed by atoms with Gasteiger partial charge in [-0.2, -0.15) is 0 Å². The van der Waals surface area contributed by atoms with E-state index in [2.05, 4.69) is 10.6 Å². The van der Waals surface area contributed by atoms with Gasteiger partial charge < -0.3 is 9.47 Å². The van der Waals surface area contributed by atoms with Crippen LogP contribution in [0.15, 0.2) is 66.9 Å². The molecule has 33 heavy (non-hydrogen) atoms. The summed E-state index contributed by atoms with van der Waals surface area (Å²) in [7, 11) is 0. The first-order valence-corrected chi connectivity index (χ1v) is 12.1. The number of fused-ring (bicyclic) bond motifs is 3. The lowest BCUT2D eigenvalue weighted by Crippen LogP contribution is -2.49. The number of hydrogen-bond donors (Lipinski definition) is 0. The van der Waals surface area contributed by atoms with E-state index < -0.39 is 0 Å². The third kappa shape index (κ3) is 3.55. The Morgan fingerprint density at radius 2 is 1.64 bits per heavy atom. The van der Waals surface area contributed by atoms with Gasteiger partial charge in [-0.25, -0.2) is 0 Å². The van der Waals surface area contributed by atoms with E-state index in [0.29, 0.717) is 5.02 Å². The van der Waals surface area contributed by atoms with Crippen LogP contribution in [0.3, 0.4) is 0 Å². The van der Waals surface area contributed by atoms with Crippen molar-refractivity contribution < 1.29 is 9.59 Å². The predicted molar refractivity (Wildman–Crippen MR) is 129 cm³/mol. The number of halogens is 1. The molecule has 2 fully saturated rings. The molecule has 2 saturated carbocycles. The van der Waals surface area contributed by atoms with Crippen molar-refractivity contribution in [3.63, 3.8) is 0 Å². The van der Waals surface area contributed by atoms with Crippen molar-refractivity contribution >= 4 is 29.1 Å². The van der Waals surface area contributed by atoms with E-state index in [9.17, 15) is 9.59 Å². The minimum absolute atomic E-state index is 0.0468. The number of nitrogens with zero attached hydrogens (tertiary/aromatic N) is 3. The van der Waals surface area contributed by atoms with Gasteiger partial charge in [0, 0.05) is 23.2 Å². The maximum Gasteiger partial charge on any atom is 0.247 e. The van der Waals surface area contributed by atoms with E-state index in [1.165, 1.54) is 0 Å². The number of hydrogen-bond acceptors (Lipinski definition) is 2. The Morgan fingerprint density at radius 1 is 0.909 bits per heavy atom. The summed E-state index contributed by atoms with van der Waals surface area (Å²) >= 11 is 6.17. The standard InChI is InChI=1S/C27H26ClN3O2/c28-20-12-10-18(11-13-20)26-24-9-4-16-29(24)22-7-1-2-8-23(22)31(26)25(32)17-30(21-14-15-21)27(33)19-5-3-6-19/h1-2,4,7-13,16,19,21,26H,3,5-6,14-15,17H2. The van der Waals surface area contributed by atoms with Crippen molar-refractivity contribution in [2.24, 2.45) is 5.92 Å². The second kappa shape index (κ2) is 8.07. The van der Waals surface area contributed by atoms with Crippen LogP contribution in [-0.2, 0) is 9.59 Å². The Morgan fingerprint density at radius 3 is 2.30 bits per heavy atom. The van der Waals surface area contributed by atoms with Gasteiger partial charge in [0.15, 0.2) is 0 Å². The number of carbonyl (C=O) groups excluding carboxylic acids is 2. The molecule has 6 rings (SSSR count). The fourth-order valence-electron chi connectivity index (χ4n) is 5.11. The summed E-state index contributed by atoms with van der Waals surface area (Å²) < 4.78 is 2.15. The second-order valence-electron chi connectivity index (χ2n) is 9.33. The molecule has 1 aliphatic heterocycles. The Labute approximate surface area is 198 Å². The average Bonchev–Trinajstić information content (AvgIpc) is 3.51. The lowest BCUT2D eigenvalue weighted by molar-refractivity contribution is -0.141. The summed E-state index contributed by atoms with van der Waals surface area (Å²) in [4.78, 5) is 30.9. The lowest BCUT2D eigenvalue weighted by Gasteiger charge is -2.40. The molecule has 0 bridgehead atoms. The first-order chi connectivity index (χ1) is 16.1. The van der Waals surface area contributed by atoms with Crippen LogP contribution in [0.5, 0.6) is 0 Å². The van der Waals surface area contributed by atoms with Gasteiger partial charge in [-0.15, -0.1) is 0 Å². The summed E-state index contributed by atoms with van der Waals surface area (Å²) in [6.07, 6.45) is 7.03. The monoisotopic (exact) mass is 459 g/mol. The molecule has 1 aromatic heterocycles. The summed E-state index contributed by atoms with van der Waals surface area (Å²) in [6.45, 7) is 0.124. The molecule has 6 heteroatoms. The number of anilines is 1. The van der Waals surface area contributed by atoms with E-state index in [-0.39, 0.29) is 36.4 Å². The third-order valence-corrected chi connectivity index (χ3v) is 7.46. The molecule has 0 N–H and O–H groups in total. The van der Waals surface area contributed by atoms with E-state index in [1.807, 2.05) is 70.6 Å². The lowest BCUT2D eigenvalue weighted by atomic mass is 9.84. The van der Waals surface area contributed by atoms with E-state index in [0.717, 1.165) is 54.7 Å². The minimum atomic E-state index is -0.292. The van der Waals surface area contributed by atoms with Gasteiger partial charge in [-0.05, 0) is 67.6 Å². The van der Waals surface area contributed by atoms with Crippen LogP contribution in [-0.4, -0.2) is 33.9 Å². The zero-order valence-electron chi connectivity index (χ0n) is 18.4. The molecule has 3 aromatic rings. The minimum Gasteiger partial charge on any atom is -0.330 e. The topological polar surface area (TPSA) is 45.6 Å². The SMILES string of the molecule is O=C(C1CCC1)N(CC(=O)N1c2ccccc2-n2cccc2C1c1ccc(Cl)cc1)C1CC1. The summed E-state index contributed by atoms with van der Waals surface area (Å²) in [5.74, 6) is 0.208. The number of para-hydroxylation sites is 2. The number of carbonyl (C=O) groups is 2. The molecule has 2 amide bonds. The van der Waals surface area contributed by atoms with Gasteiger partial charge in [-0.1, -0.05) is 42.3 Å². The molecule has 0 saturated heterocycles. The van der Waals surface area contributed by atoms with Crippen LogP contribution >= 0.6 is 11.6 Å². The highest BCUT2D eigenvalue weighted by Gasteiger charge is 2.42. The maximum absolute atomic E-state index is 14.0. The highest BCUT2D eigenvalue weighted by atomic mass is 35.5. The maximum atomic E-state index is 14.0. The molecule has 0 radical (unpaired) electrons.